The number of aromatic nitrogens is 2. The van der Waals surface area contributed by atoms with Crippen LogP contribution in [0.1, 0.15) is 42.8 Å². The Hall–Kier alpha value is -1.99. The van der Waals surface area contributed by atoms with Crippen LogP contribution >= 0.6 is 0 Å². The molecule has 0 radical (unpaired) electrons. The van der Waals surface area contributed by atoms with Gasteiger partial charge in [0.05, 0.1) is 17.5 Å². The zero-order valence-corrected chi connectivity index (χ0v) is 14.2. The van der Waals surface area contributed by atoms with E-state index in [0.29, 0.717) is 6.42 Å². The van der Waals surface area contributed by atoms with E-state index in [1.165, 1.54) is 0 Å². The van der Waals surface area contributed by atoms with Gasteiger partial charge in [-0.3, -0.25) is 9.58 Å². The third-order valence-corrected chi connectivity index (χ3v) is 4.39. The van der Waals surface area contributed by atoms with Gasteiger partial charge in [-0.25, -0.2) is 0 Å². The molecule has 0 saturated carbocycles. The summed E-state index contributed by atoms with van der Waals surface area (Å²) < 4.78 is 30.8. The number of fused-ring (bicyclic) bond motifs is 1. The molecule has 1 aromatic heterocycles. The number of rotatable bonds is 6. The molecule has 5 nitrogen and oxygen atoms in total. The smallest absolute Gasteiger partial charge is 0.387 e. The van der Waals surface area contributed by atoms with E-state index in [0.717, 1.165) is 49.6 Å². The van der Waals surface area contributed by atoms with Gasteiger partial charge in [-0.1, -0.05) is 19.1 Å². The second-order valence-corrected chi connectivity index (χ2v) is 6.29. The quantitative estimate of drug-likeness (QED) is 0.867. The third kappa shape index (κ3) is 4.55. The first-order chi connectivity index (χ1) is 12.0. The molecule has 0 bridgehead atoms. The van der Waals surface area contributed by atoms with Gasteiger partial charge in [0.1, 0.15) is 5.75 Å². The zero-order valence-electron chi connectivity index (χ0n) is 14.2. The Labute approximate surface area is 145 Å². The van der Waals surface area contributed by atoms with E-state index in [1.807, 2.05) is 29.8 Å². The number of aliphatic hydroxyl groups is 1. The molecule has 1 N–H and O–H groups in total. The first-order valence-corrected chi connectivity index (χ1v) is 8.56. The Morgan fingerprint density at radius 3 is 2.68 bits per heavy atom. The van der Waals surface area contributed by atoms with E-state index in [-0.39, 0.29) is 5.75 Å². The molecule has 7 heteroatoms. The van der Waals surface area contributed by atoms with E-state index in [9.17, 15) is 13.9 Å². The molecule has 0 spiro atoms. The molecular weight excluding hydrogens is 328 g/mol. The van der Waals surface area contributed by atoms with E-state index in [2.05, 4.69) is 14.7 Å². The van der Waals surface area contributed by atoms with Crippen LogP contribution in [0, 0.1) is 0 Å². The van der Waals surface area contributed by atoms with Crippen LogP contribution in [0.2, 0.25) is 0 Å². The lowest BCUT2D eigenvalue weighted by atomic mass is 10.2. The normalized spacial score (nSPS) is 16.5. The van der Waals surface area contributed by atoms with Crippen molar-refractivity contribution in [3.63, 3.8) is 0 Å². The van der Waals surface area contributed by atoms with Crippen molar-refractivity contribution in [2.75, 3.05) is 6.54 Å². The summed E-state index contributed by atoms with van der Waals surface area (Å²) in [5, 5.41) is 14.5. The zero-order chi connectivity index (χ0) is 17.8. The lowest BCUT2D eigenvalue weighted by molar-refractivity contribution is -0.0498. The fourth-order valence-electron chi connectivity index (χ4n) is 3.09. The summed E-state index contributed by atoms with van der Waals surface area (Å²) in [5.74, 6) is 0.172. The van der Waals surface area contributed by atoms with Gasteiger partial charge in [-0.15, -0.1) is 0 Å². The van der Waals surface area contributed by atoms with Gasteiger partial charge in [-0.2, -0.15) is 13.9 Å². The van der Waals surface area contributed by atoms with Crippen LogP contribution in [0.5, 0.6) is 5.75 Å². The number of benzene rings is 1. The number of hydrogen-bond donors (Lipinski definition) is 1. The first-order valence-electron chi connectivity index (χ1n) is 8.56. The van der Waals surface area contributed by atoms with Gasteiger partial charge < -0.3 is 9.84 Å². The molecule has 0 unspecified atom stereocenters. The highest BCUT2D eigenvalue weighted by atomic mass is 19.3. The van der Waals surface area contributed by atoms with Crippen LogP contribution in [0.25, 0.3) is 0 Å². The molecule has 0 amide bonds. The summed E-state index contributed by atoms with van der Waals surface area (Å²) in [6, 6.07) is 8.74. The minimum atomic E-state index is -2.80. The summed E-state index contributed by atoms with van der Waals surface area (Å²) in [4.78, 5) is 2.30. The van der Waals surface area contributed by atoms with Gasteiger partial charge in [-0.05, 0) is 36.6 Å². The van der Waals surface area contributed by atoms with E-state index in [1.54, 1.807) is 12.1 Å². The van der Waals surface area contributed by atoms with Crippen LogP contribution in [0.4, 0.5) is 8.78 Å². The number of aryl methyl sites for hydroxylation is 1. The molecule has 2 aromatic rings. The van der Waals surface area contributed by atoms with Crippen molar-refractivity contribution in [3.05, 3.63) is 47.3 Å². The second kappa shape index (κ2) is 7.93. The van der Waals surface area contributed by atoms with Crippen molar-refractivity contribution in [2.24, 2.45) is 0 Å². The largest absolute Gasteiger partial charge is 0.435 e. The topological polar surface area (TPSA) is 50.5 Å². The minimum absolute atomic E-state index is 0.172. The summed E-state index contributed by atoms with van der Waals surface area (Å²) in [6.07, 6.45) is 1.10. The number of ether oxygens (including phenoxy) is 1. The second-order valence-electron chi connectivity index (χ2n) is 6.29. The predicted octanol–water partition coefficient (Wildman–Crippen LogP) is 3.33. The number of hydrogen-bond acceptors (Lipinski definition) is 4. The molecule has 0 fully saturated rings. The lowest BCUT2D eigenvalue weighted by Crippen LogP contribution is -2.22. The van der Waals surface area contributed by atoms with Crippen molar-refractivity contribution in [1.82, 2.24) is 14.7 Å². The van der Waals surface area contributed by atoms with Crippen molar-refractivity contribution >= 4 is 0 Å². The molecule has 1 aliphatic rings. The first kappa shape index (κ1) is 17.8. The lowest BCUT2D eigenvalue weighted by Gasteiger charge is -2.19. The van der Waals surface area contributed by atoms with Gasteiger partial charge in [0.15, 0.2) is 0 Å². The Morgan fingerprint density at radius 2 is 2.00 bits per heavy atom. The van der Waals surface area contributed by atoms with E-state index in [4.69, 9.17) is 0 Å². The maximum absolute atomic E-state index is 12.2. The average molecular weight is 351 g/mol. The molecule has 1 aromatic carbocycles. The SMILES string of the molecule is CC[C@@H](O)c1cc2n(n1)CCCN(Cc1ccc(OC(F)F)cc1)C2. The number of alkyl halides is 2. The van der Waals surface area contributed by atoms with Crippen LogP contribution in [-0.2, 0) is 19.6 Å². The highest BCUT2D eigenvalue weighted by Crippen LogP contribution is 2.22. The standard InChI is InChI=1S/C18H23F2N3O2/c1-2-17(24)16-10-14-12-22(8-3-9-23(14)21-16)11-13-4-6-15(7-5-13)25-18(19)20/h4-7,10,17-18,24H,2-3,8-9,11-12H2,1H3/t17-/m1/s1. The predicted molar refractivity (Wildman–Crippen MR) is 89.3 cm³/mol. The fraction of sp³-hybridized carbons (Fsp3) is 0.500. The maximum atomic E-state index is 12.2. The molecule has 3 rings (SSSR count). The van der Waals surface area contributed by atoms with Crippen molar-refractivity contribution < 1.29 is 18.6 Å². The Bertz CT molecular complexity index is 688. The van der Waals surface area contributed by atoms with Gasteiger partial charge in [0.25, 0.3) is 0 Å². The van der Waals surface area contributed by atoms with E-state index < -0.39 is 12.7 Å². The van der Waals surface area contributed by atoms with E-state index >= 15 is 0 Å². The Kier molecular flexibility index (Phi) is 5.65. The van der Waals surface area contributed by atoms with Gasteiger partial charge in [0, 0.05) is 26.2 Å². The van der Waals surface area contributed by atoms with Gasteiger partial charge >= 0.3 is 6.61 Å². The third-order valence-electron chi connectivity index (χ3n) is 4.39. The van der Waals surface area contributed by atoms with Crippen molar-refractivity contribution in [3.8, 4) is 5.75 Å². The van der Waals surface area contributed by atoms with Crippen molar-refractivity contribution in [1.29, 1.82) is 0 Å². The average Bonchev–Trinajstić information content (AvgIpc) is 2.89. The summed E-state index contributed by atoms with van der Waals surface area (Å²) in [6.45, 7) is 2.38. The summed E-state index contributed by atoms with van der Waals surface area (Å²) in [7, 11) is 0. The summed E-state index contributed by atoms with van der Waals surface area (Å²) >= 11 is 0. The molecule has 0 aliphatic carbocycles. The molecular formula is C18H23F2N3O2. The highest BCUT2D eigenvalue weighted by Gasteiger charge is 2.19. The molecule has 2 heterocycles. The van der Waals surface area contributed by atoms with Crippen molar-refractivity contribution in [2.45, 2.75) is 52.1 Å². The summed E-state index contributed by atoms with van der Waals surface area (Å²) in [5.41, 5.74) is 2.87. The minimum Gasteiger partial charge on any atom is -0.435 e. The maximum Gasteiger partial charge on any atom is 0.387 e. The molecule has 1 aliphatic heterocycles. The van der Waals surface area contributed by atoms with Crippen LogP contribution in [-0.4, -0.2) is 32.9 Å². The Balaban J connectivity index is 1.66. The Morgan fingerprint density at radius 1 is 1.24 bits per heavy atom. The molecule has 1 atom stereocenters. The number of halogens is 2. The van der Waals surface area contributed by atoms with Gasteiger partial charge in [0.2, 0.25) is 0 Å². The fourth-order valence-corrected chi connectivity index (χ4v) is 3.09. The number of aliphatic hydroxyl groups excluding tert-OH is 1. The highest BCUT2D eigenvalue weighted by molar-refractivity contribution is 5.27. The molecule has 25 heavy (non-hydrogen) atoms. The van der Waals surface area contributed by atoms with Crippen LogP contribution in [0.3, 0.4) is 0 Å². The van der Waals surface area contributed by atoms with Crippen LogP contribution < -0.4 is 4.74 Å². The molecule has 136 valence electrons. The van der Waals surface area contributed by atoms with Crippen LogP contribution in [0.15, 0.2) is 30.3 Å². The monoisotopic (exact) mass is 351 g/mol. The number of nitrogens with zero attached hydrogens (tertiary/aromatic N) is 3. The molecule has 0 saturated heterocycles.